The van der Waals surface area contributed by atoms with Gasteiger partial charge in [0.05, 0.1) is 12.2 Å². The Bertz CT molecular complexity index is 853. The van der Waals surface area contributed by atoms with Gasteiger partial charge in [0.2, 0.25) is 17.7 Å². The van der Waals surface area contributed by atoms with Crippen molar-refractivity contribution in [2.45, 2.75) is 30.9 Å². The van der Waals surface area contributed by atoms with Gasteiger partial charge in [0.1, 0.15) is 11.5 Å². The lowest BCUT2D eigenvalue weighted by Gasteiger charge is -2.40. The maximum Gasteiger partial charge on any atom is 0.246 e. The fourth-order valence-electron chi connectivity index (χ4n) is 3.67. The number of amides is 3. The van der Waals surface area contributed by atoms with Gasteiger partial charge < -0.3 is 25.8 Å². The van der Waals surface area contributed by atoms with Gasteiger partial charge >= 0.3 is 0 Å². The number of hydrogen-bond donors (Lipinski definition) is 3. The molecule has 2 atom stereocenters. The van der Waals surface area contributed by atoms with Crippen molar-refractivity contribution in [3.8, 4) is 0 Å². The number of rotatable bonds is 9. The molecule has 0 aromatic heterocycles. The maximum absolute atomic E-state index is 13.4. The number of nitrogens with one attached hydrogen (secondary N) is 1. The Kier molecular flexibility index (Phi) is 6.50. The van der Waals surface area contributed by atoms with E-state index in [0.29, 0.717) is 17.1 Å². The zero-order valence-electron chi connectivity index (χ0n) is 16.8. The summed E-state index contributed by atoms with van der Waals surface area (Å²) in [5.74, 6) is -1.84. The van der Waals surface area contributed by atoms with Crippen molar-refractivity contribution in [3.05, 3.63) is 47.0 Å². The van der Waals surface area contributed by atoms with Crippen molar-refractivity contribution < 1.29 is 24.2 Å². The molecule has 1 aliphatic heterocycles. The summed E-state index contributed by atoms with van der Waals surface area (Å²) >= 11 is 5.91. The zero-order valence-corrected chi connectivity index (χ0v) is 17.5. The third kappa shape index (κ3) is 4.35. The Hall–Kier alpha value is -2.42. The van der Waals surface area contributed by atoms with Crippen LogP contribution in [0.15, 0.2) is 36.4 Å². The fraction of sp³-hybridized carbons (Fsp3) is 0.476. The van der Waals surface area contributed by atoms with Gasteiger partial charge in [-0.05, 0) is 37.0 Å². The number of halogens is 1. The van der Waals surface area contributed by atoms with Crippen molar-refractivity contribution in [1.82, 2.24) is 10.2 Å². The van der Waals surface area contributed by atoms with Crippen LogP contribution in [0.4, 0.5) is 0 Å². The third-order valence-electron chi connectivity index (χ3n) is 5.81. The molecule has 3 amide bonds. The van der Waals surface area contributed by atoms with Gasteiger partial charge in [-0.25, -0.2) is 0 Å². The molecule has 1 saturated carbocycles. The lowest BCUT2D eigenvalue weighted by molar-refractivity contribution is -0.152. The number of nitrogens with zero attached hydrogens (tertiary/aromatic N) is 1. The van der Waals surface area contributed by atoms with Gasteiger partial charge in [-0.3, -0.25) is 14.4 Å². The van der Waals surface area contributed by atoms with Crippen LogP contribution in [-0.2, 0) is 25.5 Å². The minimum atomic E-state index is -1.65. The second kappa shape index (κ2) is 8.75. The number of aliphatic hydroxyl groups is 1. The van der Waals surface area contributed by atoms with E-state index in [1.165, 1.54) is 17.1 Å². The molecule has 2 unspecified atom stereocenters. The van der Waals surface area contributed by atoms with Crippen LogP contribution in [0, 0.1) is 5.41 Å². The van der Waals surface area contributed by atoms with E-state index in [-0.39, 0.29) is 25.2 Å². The molecule has 0 radical (unpaired) electrons. The maximum atomic E-state index is 13.4. The molecule has 1 heterocycles. The molecule has 8 nitrogen and oxygen atoms in total. The Morgan fingerprint density at radius 3 is 2.53 bits per heavy atom. The van der Waals surface area contributed by atoms with Crippen LogP contribution < -0.4 is 11.1 Å². The summed E-state index contributed by atoms with van der Waals surface area (Å²) in [6.45, 7) is -0.132. The van der Waals surface area contributed by atoms with Gasteiger partial charge in [0.25, 0.3) is 0 Å². The van der Waals surface area contributed by atoms with Crippen LogP contribution in [0.25, 0.3) is 0 Å². The first kappa shape index (κ1) is 22.3. The Balaban J connectivity index is 1.86. The lowest BCUT2D eigenvalue weighted by Crippen LogP contribution is -2.60. The SMILES string of the molecule is COC1(CNC(=O)C2C=CC(Cc3ccc(Cl)cc3)(C(N)=O)C(=O)N2CCO)CC1. The van der Waals surface area contributed by atoms with Gasteiger partial charge in [-0.15, -0.1) is 0 Å². The predicted molar refractivity (Wildman–Crippen MR) is 110 cm³/mol. The summed E-state index contributed by atoms with van der Waals surface area (Å²) in [6, 6.07) is 5.79. The normalized spacial score (nSPS) is 24.6. The van der Waals surface area contributed by atoms with Crippen molar-refractivity contribution in [2.75, 3.05) is 26.8 Å². The first-order valence-corrected chi connectivity index (χ1v) is 10.1. The van der Waals surface area contributed by atoms with E-state index in [1.807, 2.05) is 0 Å². The summed E-state index contributed by atoms with van der Waals surface area (Å²) in [6.07, 6.45) is 4.65. The predicted octanol–water partition coefficient (Wildman–Crippen LogP) is 0.409. The lowest BCUT2D eigenvalue weighted by atomic mass is 9.76. The molecule has 1 aromatic rings. The minimum absolute atomic E-state index is 0.0257. The minimum Gasteiger partial charge on any atom is -0.395 e. The first-order chi connectivity index (χ1) is 14.3. The number of primary amides is 1. The Morgan fingerprint density at radius 2 is 2.00 bits per heavy atom. The number of hydrogen-bond acceptors (Lipinski definition) is 5. The van der Waals surface area contributed by atoms with Gasteiger partial charge in [-0.2, -0.15) is 0 Å². The molecular formula is C21H26ClN3O5. The molecule has 0 saturated heterocycles. The second-order valence-corrected chi connectivity index (χ2v) is 8.21. The molecule has 1 aromatic carbocycles. The largest absolute Gasteiger partial charge is 0.395 e. The number of carbonyl (C=O) groups is 3. The van der Waals surface area contributed by atoms with Gasteiger partial charge in [0, 0.05) is 25.2 Å². The van der Waals surface area contributed by atoms with E-state index in [2.05, 4.69) is 5.32 Å². The molecule has 0 bridgehead atoms. The van der Waals surface area contributed by atoms with E-state index in [9.17, 15) is 19.5 Å². The van der Waals surface area contributed by atoms with E-state index in [1.54, 1.807) is 31.4 Å². The van der Waals surface area contributed by atoms with Crippen molar-refractivity contribution >= 4 is 29.3 Å². The number of β-amino-alcohol motifs (C(OH)–C–C–N with tert-alkyl or cyclic N) is 1. The number of benzene rings is 1. The van der Waals surface area contributed by atoms with E-state index >= 15 is 0 Å². The molecule has 4 N–H and O–H groups in total. The molecular weight excluding hydrogens is 410 g/mol. The second-order valence-electron chi connectivity index (χ2n) is 7.77. The summed E-state index contributed by atoms with van der Waals surface area (Å²) in [4.78, 5) is 39.7. The molecule has 9 heteroatoms. The van der Waals surface area contributed by atoms with E-state index < -0.39 is 29.2 Å². The molecule has 1 aliphatic carbocycles. The van der Waals surface area contributed by atoms with Crippen molar-refractivity contribution in [3.63, 3.8) is 0 Å². The average molecular weight is 436 g/mol. The van der Waals surface area contributed by atoms with E-state index in [4.69, 9.17) is 22.1 Å². The highest BCUT2D eigenvalue weighted by Crippen LogP contribution is 2.38. The number of aliphatic hydroxyl groups excluding tert-OH is 1. The van der Waals surface area contributed by atoms with Crippen LogP contribution in [-0.4, -0.2) is 66.2 Å². The zero-order chi connectivity index (χ0) is 21.9. The number of nitrogens with two attached hydrogens (primary N) is 1. The molecule has 2 aliphatic rings. The number of ether oxygens (including phenoxy) is 1. The quantitative estimate of drug-likeness (QED) is 0.383. The number of methoxy groups -OCH3 is 1. The van der Waals surface area contributed by atoms with Crippen molar-refractivity contribution in [1.29, 1.82) is 0 Å². The smallest absolute Gasteiger partial charge is 0.246 e. The van der Waals surface area contributed by atoms with Gasteiger partial charge in [0.15, 0.2) is 0 Å². The average Bonchev–Trinajstić information content (AvgIpc) is 3.51. The molecule has 162 valence electrons. The van der Waals surface area contributed by atoms with Crippen molar-refractivity contribution in [2.24, 2.45) is 11.1 Å². The van der Waals surface area contributed by atoms with Crippen LogP contribution in [0.5, 0.6) is 0 Å². The highest BCUT2D eigenvalue weighted by atomic mass is 35.5. The fourth-order valence-corrected chi connectivity index (χ4v) is 3.80. The highest BCUT2D eigenvalue weighted by molar-refractivity contribution is 6.30. The Labute approximate surface area is 180 Å². The highest BCUT2D eigenvalue weighted by Gasteiger charge is 2.50. The number of carbonyl (C=O) groups excluding carboxylic acids is 3. The summed E-state index contributed by atoms with van der Waals surface area (Å²) in [7, 11) is 1.60. The molecule has 30 heavy (non-hydrogen) atoms. The summed E-state index contributed by atoms with van der Waals surface area (Å²) in [5, 5.41) is 12.8. The van der Waals surface area contributed by atoms with Crippen LogP contribution in [0.2, 0.25) is 5.02 Å². The molecule has 1 fully saturated rings. The van der Waals surface area contributed by atoms with Gasteiger partial charge in [-0.1, -0.05) is 35.9 Å². The first-order valence-electron chi connectivity index (χ1n) is 9.75. The van der Waals surface area contributed by atoms with E-state index in [0.717, 1.165) is 12.8 Å². The molecule has 3 rings (SSSR count). The molecule has 0 spiro atoms. The monoisotopic (exact) mass is 435 g/mol. The summed E-state index contributed by atoms with van der Waals surface area (Å²) in [5.41, 5.74) is 4.35. The Morgan fingerprint density at radius 1 is 1.33 bits per heavy atom. The van der Waals surface area contributed by atoms with Crippen LogP contribution in [0.1, 0.15) is 18.4 Å². The van der Waals surface area contributed by atoms with Crippen LogP contribution >= 0.6 is 11.6 Å². The third-order valence-corrected chi connectivity index (χ3v) is 6.06. The standard InChI is InChI=1S/C21H26ClN3O5/c1-30-20(8-9-20)13-24-17(27)16-6-7-21(18(23)28,19(29)25(16)10-11-26)12-14-2-4-15(22)5-3-14/h2-7,16,26H,8-13H2,1H3,(H2,23,28)(H,24,27). The van der Waals surface area contributed by atoms with Crippen LogP contribution in [0.3, 0.4) is 0 Å². The topological polar surface area (TPSA) is 122 Å². The summed E-state index contributed by atoms with van der Waals surface area (Å²) < 4.78 is 5.40.